The minimum Gasteiger partial charge on any atom is -0.459 e. The summed E-state index contributed by atoms with van der Waals surface area (Å²) in [5, 5.41) is 5.62. The van der Waals surface area contributed by atoms with Crippen molar-refractivity contribution in [3.63, 3.8) is 0 Å². The van der Waals surface area contributed by atoms with Crippen LogP contribution in [0.3, 0.4) is 0 Å². The van der Waals surface area contributed by atoms with Crippen LogP contribution in [0, 0.1) is 5.92 Å². The Labute approximate surface area is 146 Å². The van der Waals surface area contributed by atoms with E-state index in [0.29, 0.717) is 24.8 Å². The minimum atomic E-state index is -0.456. The third-order valence-electron chi connectivity index (χ3n) is 4.04. The second-order valence-electron chi connectivity index (χ2n) is 6.27. The van der Waals surface area contributed by atoms with Gasteiger partial charge in [0.15, 0.2) is 5.76 Å². The molecule has 2 aromatic rings. The van der Waals surface area contributed by atoms with E-state index in [1.54, 1.807) is 25.1 Å². The Bertz CT molecular complexity index is 723. The maximum Gasteiger partial charge on any atom is 0.291 e. The van der Waals surface area contributed by atoms with Gasteiger partial charge in [0.05, 0.1) is 12.9 Å². The van der Waals surface area contributed by atoms with Crippen molar-refractivity contribution in [2.24, 2.45) is 5.92 Å². The van der Waals surface area contributed by atoms with Crippen LogP contribution >= 0.6 is 0 Å². The number of rotatable bonds is 8. The zero-order valence-electron chi connectivity index (χ0n) is 14.2. The maximum absolute atomic E-state index is 12.0. The van der Waals surface area contributed by atoms with Crippen molar-refractivity contribution in [1.29, 1.82) is 0 Å². The number of hydrogen-bond acceptors (Lipinski definition) is 4. The van der Waals surface area contributed by atoms with Crippen LogP contribution in [-0.4, -0.2) is 24.5 Å². The van der Waals surface area contributed by atoms with Gasteiger partial charge in [0.2, 0.25) is 5.91 Å². The lowest BCUT2D eigenvalue weighted by atomic mass is 10.2. The lowest BCUT2D eigenvalue weighted by molar-refractivity contribution is -0.132. The van der Waals surface area contributed by atoms with E-state index in [1.807, 2.05) is 18.2 Å². The van der Waals surface area contributed by atoms with Crippen molar-refractivity contribution >= 4 is 17.5 Å². The van der Waals surface area contributed by atoms with Crippen LogP contribution in [-0.2, 0) is 16.1 Å². The quantitative estimate of drug-likeness (QED) is 0.773. The molecule has 0 aliphatic heterocycles. The third kappa shape index (κ3) is 5.19. The van der Waals surface area contributed by atoms with Gasteiger partial charge in [0, 0.05) is 12.2 Å². The molecule has 25 heavy (non-hydrogen) atoms. The minimum absolute atomic E-state index is 0.134. The summed E-state index contributed by atoms with van der Waals surface area (Å²) in [6.07, 6.45) is 3.39. The van der Waals surface area contributed by atoms with Crippen LogP contribution in [0.1, 0.15) is 35.9 Å². The molecule has 1 aromatic carbocycles. The average Bonchev–Trinajstić information content (AvgIpc) is 3.28. The number of ether oxygens (including phenoxy) is 1. The number of carbonyl (C=O) groups is 2. The molecule has 1 atom stereocenters. The van der Waals surface area contributed by atoms with Crippen molar-refractivity contribution in [3.8, 4) is 0 Å². The fourth-order valence-corrected chi connectivity index (χ4v) is 2.33. The molecule has 0 unspecified atom stereocenters. The molecule has 0 saturated heterocycles. The van der Waals surface area contributed by atoms with Crippen molar-refractivity contribution in [2.45, 2.75) is 32.4 Å². The summed E-state index contributed by atoms with van der Waals surface area (Å²) in [5.41, 5.74) is 1.53. The van der Waals surface area contributed by atoms with Gasteiger partial charge in [-0.15, -0.1) is 0 Å². The van der Waals surface area contributed by atoms with Crippen molar-refractivity contribution < 1.29 is 18.7 Å². The first kappa shape index (κ1) is 17.2. The lowest BCUT2D eigenvalue weighted by Gasteiger charge is -2.13. The van der Waals surface area contributed by atoms with Gasteiger partial charge in [0.1, 0.15) is 6.10 Å². The molecule has 6 nitrogen and oxygen atoms in total. The van der Waals surface area contributed by atoms with Gasteiger partial charge in [-0.1, -0.05) is 12.1 Å². The van der Waals surface area contributed by atoms with E-state index in [2.05, 4.69) is 10.6 Å². The first-order valence-corrected chi connectivity index (χ1v) is 8.45. The molecule has 0 bridgehead atoms. The van der Waals surface area contributed by atoms with Gasteiger partial charge in [-0.2, -0.15) is 0 Å². The van der Waals surface area contributed by atoms with Crippen molar-refractivity contribution in [1.82, 2.24) is 5.32 Å². The first-order valence-electron chi connectivity index (χ1n) is 8.45. The highest BCUT2D eigenvalue weighted by Crippen LogP contribution is 2.29. The average molecular weight is 342 g/mol. The molecule has 1 aliphatic rings. The number of anilines is 1. The summed E-state index contributed by atoms with van der Waals surface area (Å²) < 4.78 is 10.6. The zero-order chi connectivity index (χ0) is 17.6. The van der Waals surface area contributed by atoms with E-state index in [9.17, 15) is 9.59 Å². The monoisotopic (exact) mass is 342 g/mol. The molecule has 2 N–H and O–H groups in total. The van der Waals surface area contributed by atoms with E-state index in [4.69, 9.17) is 9.15 Å². The van der Waals surface area contributed by atoms with Crippen molar-refractivity contribution in [2.75, 3.05) is 11.9 Å². The SMILES string of the molecule is C[C@@H](OCC1CC1)C(=O)NCc1cccc(NC(=O)c2ccco2)c1. The molecule has 1 saturated carbocycles. The molecule has 1 aromatic heterocycles. The van der Waals surface area contributed by atoms with E-state index >= 15 is 0 Å². The van der Waals surface area contributed by atoms with Gasteiger partial charge in [-0.25, -0.2) is 0 Å². The standard InChI is InChI=1S/C19H22N2O4/c1-13(25-12-14-7-8-14)18(22)20-11-15-4-2-5-16(10-15)21-19(23)17-6-3-9-24-17/h2-6,9-10,13-14H,7-8,11-12H2,1H3,(H,20,22)(H,21,23)/t13-/m1/s1. The third-order valence-corrected chi connectivity index (χ3v) is 4.04. The summed E-state index contributed by atoms with van der Waals surface area (Å²) >= 11 is 0. The molecule has 1 fully saturated rings. The van der Waals surface area contributed by atoms with E-state index in [0.717, 1.165) is 5.56 Å². The van der Waals surface area contributed by atoms with Gasteiger partial charge in [-0.3, -0.25) is 9.59 Å². The Hall–Kier alpha value is -2.60. The number of furan rings is 1. The highest BCUT2D eigenvalue weighted by molar-refractivity contribution is 6.02. The van der Waals surface area contributed by atoms with Crippen LogP contribution in [0.2, 0.25) is 0 Å². The van der Waals surface area contributed by atoms with Crippen LogP contribution in [0.5, 0.6) is 0 Å². The van der Waals surface area contributed by atoms with Crippen LogP contribution < -0.4 is 10.6 Å². The van der Waals surface area contributed by atoms with Gasteiger partial charge >= 0.3 is 0 Å². The largest absolute Gasteiger partial charge is 0.459 e. The van der Waals surface area contributed by atoms with E-state index < -0.39 is 6.10 Å². The highest BCUT2D eigenvalue weighted by Gasteiger charge is 2.23. The summed E-state index contributed by atoms with van der Waals surface area (Å²) in [5.74, 6) is 0.434. The predicted molar refractivity (Wildman–Crippen MR) is 93.1 cm³/mol. The van der Waals surface area contributed by atoms with Gasteiger partial charge in [-0.05, 0) is 55.5 Å². The number of benzene rings is 1. The number of carbonyl (C=O) groups excluding carboxylic acids is 2. The summed E-state index contributed by atoms with van der Waals surface area (Å²) in [7, 11) is 0. The molecule has 1 heterocycles. The van der Waals surface area contributed by atoms with Crippen LogP contribution in [0.15, 0.2) is 47.1 Å². The molecule has 3 rings (SSSR count). The van der Waals surface area contributed by atoms with Gasteiger partial charge in [0.25, 0.3) is 5.91 Å². The highest BCUT2D eigenvalue weighted by atomic mass is 16.5. The first-order chi connectivity index (χ1) is 12.1. The molecular formula is C19H22N2O4. The smallest absolute Gasteiger partial charge is 0.291 e. The molecule has 132 valence electrons. The molecule has 2 amide bonds. The predicted octanol–water partition coefficient (Wildman–Crippen LogP) is 2.96. The van der Waals surface area contributed by atoms with E-state index in [1.165, 1.54) is 19.1 Å². The molecule has 6 heteroatoms. The number of hydrogen-bond donors (Lipinski definition) is 2. The lowest BCUT2D eigenvalue weighted by Crippen LogP contribution is -2.34. The van der Waals surface area contributed by atoms with Crippen molar-refractivity contribution in [3.05, 3.63) is 54.0 Å². The second-order valence-corrected chi connectivity index (χ2v) is 6.27. The fourth-order valence-electron chi connectivity index (χ4n) is 2.33. The molecule has 0 spiro atoms. The maximum atomic E-state index is 12.0. The molecule has 0 radical (unpaired) electrons. The van der Waals surface area contributed by atoms with Crippen LogP contribution in [0.25, 0.3) is 0 Å². The second kappa shape index (κ2) is 7.98. The Morgan fingerprint density at radius 2 is 2.12 bits per heavy atom. The molecule has 1 aliphatic carbocycles. The Balaban J connectivity index is 1.49. The Morgan fingerprint density at radius 1 is 1.28 bits per heavy atom. The van der Waals surface area contributed by atoms with Crippen LogP contribution in [0.4, 0.5) is 5.69 Å². The number of nitrogens with one attached hydrogen (secondary N) is 2. The fraction of sp³-hybridized carbons (Fsp3) is 0.368. The normalized spacial score (nSPS) is 14.8. The summed E-state index contributed by atoms with van der Waals surface area (Å²) in [4.78, 5) is 24.0. The van der Waals surface area contributed by atoms with Gasteiger partial charge < -0.3 is 19.8 Å². The summed E-state index contributed by atoms with van der Waals surface area (Å²) in [6.45, 7) is 2.79. The Morgan fingerprint density at radius 3 is 2.84 bits per heavy atom. The topological polar surface area (TPSA) is 80.6 Å². The summed E-state index contributed by atoms with van der Waals surface area (Å²) in [6, 6.07) is 10.6. The number of amides is 2. The molecular weight excluding hydrogens is 320 g/mol. The van der Waals surface area contributed by atoms with E-state index in [-0.39, 0.29) is 17.6 Å². The zero-order valence-corrected chi connectivity index (χ0v) is 14.2. The Kier molecular flexibility index (Phi) is 5.50.